The molecule has 1 saturated heterocycles. The Kier molecular flexibility index (Phi) is 3.36. The van der Waals surface area contributed by atoms with Gasteiger partial charge in [-0.3, -0.25) is 4.79 Å². The largest absolute Gasteiger partial charge is 0.333 e. The molecule has 1 atom stereocenters. The van der Waals surface area contributed by atoms with Crippen molar-refractivity contribution in [3.63, 3.8) is 0 Å². The van der Waals surface area contributed by atoms with Crippen LogP contribution in [0, 0.1) is 0 Å². The van der Waals surface area contributed by atoms with Crippen LogP contribution in [-0.4, -0.2) is 36.0 Å². The number of rotatable bonds is 2. The average Bonchev–Trinajstić information content (AvgIpc) is 2.50. The molecule has 1 heterocycles. The standard InChI is InChI=1S/C8H14FN3O/c1-6-3-2-4-12(6)8(13)7(9)11-5-10/h6H,2-5,10H2,1H3. The number of aliphatic imine (C=N–C) groups is 1. The smallest absolute Gasteiger partial charge is 0.302 e. The summed E-state index contributed by atoms with van der Waals surface area (Å²) in [6.07, 6.45) is 1.87. The van der Waals surface area contributed by atoms with E-state index in [1.54, 1.807) is 0 Å². The summed E-state index contributed by atoms with van der Waals surface area (Å²) in [5, 5.41) is 0. The molecule has 74 valence electrons. The molecule has 1 unspecified atom stereocenters. The fraction of sp³-hybridized carbons (Fsp3) is 0.750. The summed E-state index contributed by atoms with van der Waals surface area (Å²) >= 11 is 0. The van der Waals surface area contributed by atoms with E-state index in [2.05, 4.69) is 4.99 Å². The van der Waals surface area contributed by atoms with E-state index in [1.165, 1.54) is 4.90 Å². The molecule has 0 aromatic carbocycles. The van der Waals surface area contributed by atoms with E-state index in [-0.39, 0.29) is 12.7 Å². The average molecular weight is 187 g/mol. The minimum Gasteiger partial charge on any atom is -0.333 e. The number of carbonyl (C=O) groups is 1. The number of nitrogens with zero attached hydrogens (tertiary/aromatic N) is 2. The first-order valence-electron chi connectivity index (χ1n) is 4.37. The molecule has 0 spiro atoms. The molecule has 1 aliphatic heterocycles. The Balaban J connectivity index is 2.61. The lowest BCUT2D eigenvalue weighted by atomic mass is 10.2. The summed E-state index contributed by atoms with van der Waals surface area (Å²) in [5.41, 5.74) is 5.00. The first-order chi connectivity index (χ1) is 6.16. The number of amides is 1. The fourth-order valence-electron chi connectivity index (χ4n) is 1.50. The summed E-state index contributed by atoms with van der Waals surface area (Å²) in [5.74, 6) is -1.60. The highest BCUT2D eigenvalue weighted by atomic mass is 19.1. The monoisotopic (exact) mass is 187 g/mol. The predicted octanol–water partition coefficient (Wildman–Crippen LogP) is 0.281. The van der Waals surface area contributed by atoms with Gasteiger partial charge in [-0.2, -0.15) is 4.39 Å². The number of hydrogen-bond donors (Lipinski definition) is 1. The lowest BCUT2D eigenvalue weighted by Crippen LogP contribution is -2.37. The molecule has 2 N–H and O–H groups in total. The summed E-state index contributed by atoms with van der Waals surface area (Å²) in [4.78, 5) is 16.0. The van der Waals surface area contributed by atoms with Gasteiger partial charge in [0.15, 0.2) is 0 Å². The molecular formula is C8H14FN3O. The van der Waals surface area contributed by atoms with Gasteiger partial charge in [0.05, 0.1) is 6.67 Å². The lowest BCUT2D eigenvalue weighted by molar-refractivity contribution is -0.125. The molecule has 1 fully saturated rings. The molecule has 0 radical (unpaired) electrons. The highest BCUT2D eigenvalue weighted by molar-refractivity contribution is 6.34. The van der Waals surface area contributed by atoms with Crippen molar-refractivity contribution in [2.24, 2.45) is 10.7 Å². The van der Waals surface area contributed by atoms with Gasteiger partial charge < -0.3 is 10.6 Å². The van der Waals surface area contributed by atoms with E-state index < -0.39 is 11.9 Å². The molecular weight excluding hydrogens is 173 g/mol. The molecule has 0 aliphatic carbocycles. The summed E-state index contributed by atoms with van der Waals surface area (Å²) in [7, 11) is 0. The van der Waals surface area contributed by atoms with E-state index >= 15 is 0 Å². The second-order valence-corrected chi connectivity index (χ2v) is 3.12. The van der Waals surface area contributed by atoms with Crippen LogP contribution in [0.4, 0.5) is 4.39 Å². The van der Waals surface area contributed by atoms with Gasteiger partial charge in [-0.1, -0.05) is 0 Å². The zero-order valence-corrected chi connectivity index (χ0v) is 7.66. The molecule has 0 aromatic rings. The van der Waals surface area contributed by atoms with Crippen molar-refractivity contribution in [2.75, 3.05) is 13.2 Å². The molecule has 4 nitrogen and oxygen atoms in total. The van der Waals surface area contributed by atoms with Gasteiger partial charge in [-0.05, 0) is 19.8 Å². The molecule has 1 rings (SSSR count). The second-order valence-electron chi connectivity index (χ2n) is 3.12. The number of carbonyl (C=O) groups excluding carboxylic acids is 1. The Morgan fingerprint density at radius 3 is 2.92 bits per heavy atom. The Bertz CT molecular complexity index is 229. The quantitative estimate of drug-likeness (QED) is 0.631. The zero-order chi connectivity index (χ0) is 9.84. The first-order valence-corrected chi connectivity index (χ1v) is 4.37. The topological polar surface area (TPSA) is 58.7 Å². The number of hydrogen-bond acceptors (Lipinski definition) is 3. The fourth-order valence-corrected chi connectivity index (χ4v) is 1.50. The zero-order valence-electron chi connectivity index (χ0n) is 7.66. The Morgan fingerprint density at radius 1 is 1.77 bits per heavy atom. The molecule has 1 amide bonds. The van der Waals surface area contributed by atoms with E-state index in [0.717, 1.165) is 12.8 Å². The van der Waals surface area contributed by atoms with Crippen LogP contribution in [0.15, 0.2) is 4.99 Å². The van der Waals surface area contributed by atoms with E-state index in [4.69, 9.17) is 5.73 Å². The van der Waals surface area contributed by atoms with Gasteiger partial charge in [0.25, 0.3) is 5.97 Å². The van der Waals surface area contributed by atoms with Crippen LogP contribution in [0.3, 0.4) is 0 Å². The first kappa shape index (κ1) is 10.1. The van der Waals surface area contributed by atoms with Gasteiger partial charge >= 0.3 is 5.91 Å². The van der Waals surface area contributed by atoms with Crippen LogP contribution in [0.25, 0.3) is 0 Å². The summed E-state index contributed by atoms with van der Waals surface area (Å²) < 4.78 is 12.9. The molecule has 0 bridgehead atoms. The van der Waals surface area contributed by atoms with Crippen molar-refractivity contribution in [2.45, 2.75) is 25.8 Å². The third-order valence-corrected chi connectivity index (χ3v) is 2.22. The molecule has 0 aromatic heterocycles. The predicted molar refractivity (Wildman–Crippen MR) is 48.0 cm³/mol. The van der Waals surface area contributed by atoms with Crippen molar-refractivity contribution < 1.29 is 9.18 Å². The van der Waals surface area contributed by atoms with Crippen LogP contribution < -0.4 is 5.73 Å². The maximum Gasteiger partial charge on any atom is 0.302 e. The van der Waals surface area contributed by atoms with Crippen molar-refractivity contribution in [3.8, 4) is 0 Å². The van der Waals surface area contributed by atoms with E-state index in [0.29, 0.717) is 6.54 Å². The maximum absolute atomic E-state index is 12.9. The van der Waals surface area contributed by atoms with Crippen LogP contribution >= 0.6 is 0 Å². The normalized spacial score (nSPS) is 23.8. The highest BCUT2D eigenvalue weighted by Crippen LogP contribution is 2.16. The van der Waals surface area contributed by atoms with Crippen LogP contribution in [0.1, 0.15) is 19.8 Å². The van der Waals surface area contributed by atoms with Gasteiger partial charge in [0, 0.05) is 12.6 Å². The second kappa shape index (κ2) is 4.32. The molecule has 1 aliphatic rings. The Morgan fingerprint density at radius 2 is 2.46 bits per heavy atom. The summed E-state index contributed by atoms with van der Waals surface area (Å²) in [6.45, 7) is 2.34. The number of nitrogens with two attached hydrogens (primary N) is 1. The van der Waals surface area contributed by atoms with Gasteiger partial charge in [0.1, 0.15) is 0 Å². The van der Waals surface area contributed by atoms with Crippen LogP contribution in [-0.2, 0) is 4.79 Å². The van der Waals surface area contributed by atoms with Gasteiger partial charge in [-0.25, -0.2) is 4.99 Å². The number of halogens is 1. The third-order valence-electron chi connectivity index (χ3n) is 2.22. The maximum atomic E-state index is 12.9. The minimum atomic E-state index is -0.976. The molecule has 0 saturated carbocycles. The third kappa shape index (κ3) is 2.24. The number of likely N-dealkylation sites (tertiary alicyclic amines) is 1. The Hall–Kier alpha value is -0.970. The van der Waals surface area contributed by atoms with Crippen molar-refractivity contribution in [1.29, 1.82) is 0 Å². The van der Waals surface area contributed by atoms with E-state index in [9.17, 15) is 9.18 Å². The summed E-state index contributed by atoms with van der Waals surface area (Å²) in [6, 6.07) is 0.117. The van der Waals surface area contributed by atoms with Gasteiger partial charge in [0.2, 0.25) is 0 Å². The van der Waals surface area contributed by atoms with Gasteiger partial charge in [-0.15, -0.1) is 0 Å². The molecule has 13 heavy (non-hydrogen) atoms. The Labute approximate surface area is 76.6 Å². The molecule has 5 heteroatoms. The van der Waals surface area contributed by atoms with Crippen molar-refractivity contribution in [3.05, 3.63) is 0 Å². The van der Waals surface area contributed by atoms with E-state index in [1.807, 2.05) is 6.92 Å². The minimum absolute atomic E-state index is 0.117. The SMILES string of the molecule is CC1CCCN1C(=O)C(F)=NCN. The lowest BCUT2D eigenvalue weighted by Gasteiger charge is -2.19. The van der Waals surface area contributed by atoms with Crippen molar-refractivity contribution in [1.82, 2.24) is 4.90 Å². The van der Waals surface area contributed by atoms with Crippen LogP contribution in [0.5, 0.6) is 0 Å². The van der Waals surface area contributed by atoms with Crippen molar-refractivity contribution >= 4 is 11.9 Å². The van der Waals surface area contributed by atoms with Crippen LogP contribution in [0.2, 0.25) is 0 Å². The highest BCUT2D eigenvalue weighted by Gasteiger charge is 2.28.